The highest BCUT2D eigenvalue weighted by Gasteiger charge is 2.24. The Hall–Kier alpha value is -2.53. The van der Waals surface area contributed by atoms with E-state index in [0.717, 1.165) is 24.4 Å². The second kappa shape index (κ2) is 6.93. The van der Waals surface area contributed by atoms with Crippen molar-refractivity contribution in [2.75, 3.05) is 20.3 Å². The van der Waals surface area contributed by atoms with Gasteiger partial charge in [0.15, 0.2) is 0 Å². The summed E-state index contributed by atoms with van der Waals surface area (Å²) >= 11 is 0. The van der Waals surface area contributed by atoms with Crippen LogP contribution in [0.15, 0.2) is 42.5 Å². The molecule has 0 aromatic heterocycles. The lowest BCUT2D eigenvalue weighted by molar-refractivity contribution is 0.0696. The lowest BCUT2D eigenvalue weighted by atomic mass is 10.0. The predicted octanol–water partition coefficient (Wildman–Crippen LogP) is 3.35. The summed E-state index contributed by atoms with van der Waals surface area (Å²) in [6, 6.07) is 13.3. The highest BCUT2D eigenvalue weighted by atomic mass is 16.5. The molecule has 5 nitrogen and oxygen atoms in total. The maximum atomic E-state index is 11.1. The molecule has 0 fully saturated rings. The summed E-state index contributed by atoms with van der Waals surface area (Å²) < 4.78 is 11.0. The van der Waals surface area contributed by atoms with E-state index in [-0.39, 0.29) is 11.6 Å². The molecule has 24 heavy (non-hydrogen) atoms. The van der Waals surface area contributed by atoms with Crippen molar-refractivity contribution in [1.29, 1.82) is 0 Å². The molecule has 0 radical (unpaired) electrons. The van der Waals surface area contributed by atoms with Crippen LogP contribution in [0.2, 0.25) is 0 Å². The molecule has 1 heterocycles. The van der Waals surface area contributed by atoms with Gasteiger partial charge < -0.3 is 14.6 Å². The van der Waals surface area contributed by atoms with Crippen molar-refractivity contribution >= 4 is 5.97 Å². The largest absolute Gasteiger partial charge is 0.497 e. The zero-order valence-electron chi connectivity index (χ0n) is 13.9. The first kappa shape index (κ1) is 16.3. The first-order valence-electron chi connectivity index (χ1n) is 7.95. The molecule has 1 N–H and O–H groups in total. The average Bonchev–Trinajstić information content (AvgIpc) is 2.75. The Morgan fingerprint density at radius 2 is 2.04 bits per heavy atom. The van der Waals surface area contributed by atoms with Gasteiger partial charge in [0.1, 0.15) is 18.1 Å². The Kier molecular flexibility index (Phi) is 4.71. The zero-order valence-corrected chi connectivity index (χ0v) is 13.9. The number of ether oxygens (including phenoxy) is 2. The fraction of sp³-hybridized carbons (Fsp3) is 0.316. The predicted molar refractivity (Wildman–Crippen MR) is 90.7 cm³/mol. The number of hydrogen-bond acceptors (Lipinski definition) is 4. The summed E-state index contributed by atoms with van der Waals surface area (Å²) in [6.45, 7) is 4.24. The van der Waals surface area contributed by atoms with Crippen molar-refractivity contribution in [1.82, 2.24) is 4.90 Å². The number of carbonyl (C=O) groups is 1. The van der Waals surface area contributed by atoms with E-state index in [2.05, 4.69) is 24.0 Å². The summed E-state index contributed by atoms with van der Waals surface area (Å²) in [5.74, 6) is 0.575. The number of nitrogens with zero attached hydrogens (tertiary/aromatic N) is 1. The van der Waals surface area contributed by atoms with Crippen LogP contribution in [0, 0.1) is 0 Å². The second-order valence-electron chi connectivity index (χ2n) is 5.90. The van der Waals surface area contributed by atoms with Gasteiger partial charge in [-0.1, -0.05) is 18.2 Å². The molecule has 0 saturated heterocycles. The van der Waals surface area contributed by atoms with Crippen LogP contribution in [0.25, 0.3) is 0 Å². The summed E-state index contributed by atoms with van der Waals surface area (Å²) in [5.41, 5.74) is 2.48. The molecule has 1 aliphatic heterocycles. The van der Waals surface area contributed by atoms with Crippen molar-refractivity contribution in [3.63, 3.8) is 0 Å². The van der Waals surface area contributed by atoms with Crippen LogP contribution in [-0.2, 0) is 6.54 Å². The number of carboxylic acids is 1. The number of hydrogen-bond donors (Lipinski definition) is 1. The van der Waals surface area contributed by atoms with Crippen LogP contribution in [0.5, 0.6) is 11.5 Å². The Labute approximate surface area is 141 Å². The normalized spacial score (nSPS) is 17.5. The minimum Gasteiger partial charge on any atom is -0.497 e. The minimum absolute atomic E-state index is 0.146. The van der Waals surface area contributed by atoms with Crippen molar-refractivity contribution < 1.29 is 19.4 Å². The summed E-state index contributed by atoms with van der Waals surface area (Å²) in [6.07, 6.45) is 0. The Morgan fingerprint density at radius 1 is 1.29 bits per heavy atom. The van der Waals surface area contributed by atoms with Crippen molar-refractivity contribution in [2.24, 2.45) is 0 Å². The second-order valence-corrected chi connectivity index (χ2v) is 5.90. The van der Waals surface area contributed by atoms with Crippen LogP contribution in [0.4, 0.5) is 0 Å². The molecule has 0 saturated carbocycles. The molecule has 1 unspecified atom stereocenters. The monoisotopic (exact) mass is 327 g/mol. The van der Waals surface area contributed by atoms with Crippen molar-refractivity contribution in [3.8, 4) is 11.5 Å². The Balaban J connectivity index is 1.81. The van der Waals surface area contributed by atoms with E-state index in [1.165, 1.54) is 5.56 Å². The maximum absolute atomic E-state index is 11.1. The van der Waals surface area contributed by atoms with Gasteiger partial charge in [0.25, 0.3) is 0 Å². The third-order valence-corrected chi connectivity index (χ3v) is 4.44. The third-order valence-electron chi connectivity index (χ3n) is 4.44. The standard InChI is InChI=1S/C19H21NO4/c1-13-17-8-5-15(19(21)22)11-18(17)24-10-9-20(13)12-14-3-6-16(23-2)7-4-14/h3-8,11,13H,9-10,12H2,1-2H3,(H,21,22). The topological polar surface area (TPSA) is 59.0 Å². The van der Waals surface area contributed by atoms with Gasteiger partial charge in [0, 0.05) is 24.7 Å². The van der Waals surface area contributed by atoms with E-state index in [4.69, 9.17) is 14.6 Å². The van der Waals surface area contributed by atoms with Gasteiger partial charge in [-0.05, 0) is 36.8 Å². The lowest BCUT2D eigenvalue weighted by Gasteiger charge is -2.27. The third kappa shape index (κ3) is 3.36. The molecule has 0 bridgehead atoms. The SMILES string of the molecule is COc1ccc(CN2CCOc3cc(C(=O)O)ccc3C2C)cc1. The molecular formula is C19H21NO4. The molecule has 5 heteroatoms. The first-order valence-corrected chi connectivity index (χ1v) is 7.95. The molecule has 0 amide bonds. The number of benzene rings is 2. The fourth-order valence-electron chi connectivity index (χ4n) is 2.98. The Morgan fingerprint density at radius 3 is 2.71 bits per heavy atom. The highest BCUT2D eigenvalue weighted by molar-refractivity contribution is 5.88. The Bertz CT molecular complexity index is 727. The van der Waals surface area contributed by atoms with E-state index >= 15 is 0 Å². The van der Waals surface area contributed by atoms with Gasteiger partial charge in [-0.2, -0.15) is 0 Å². The quantitative estimate of drug-likeness (QED) is 0.933. The van der Waals surface area contributed by atoms with Crippen LogP contribution < -0.4 is 9.47 Å². The van der Waals surface area contributed by atoms with Gasteiger partial charge in [0.05, 0.1) is 12.7 Å². The van der Waals surface area contributed by atoms with E-state index < -0.39 is 5.97 Å². The molecule has 1 atom stereocenters. The lowest BCUT2D eigenvalue weighted by Crippen LogP contribution is -2.28. The van der Waals surface area contributed by atoms with Crippen LogP contribution in [0.3, 0.4) is 0 Å². The average molecular weight is 327 g/mol. The molecule has 2 aromatic carbocycles. The first-order chi connectivity index (χ1) is 11.6. The summed E-state index contributed by atoms with van der Waals surface area (Å²) in [4.78, 5) is 13.5. The van der Waals surface area contributed by atoms with Gasteiger partial charge in [0.2, 0.25) is 0 Å². The van der Waals surface area contributed by atoms with Gasteiger partial charge in [-0.25, -0.2) is 4.79 Å². The molecule has 3 rings (SSSR count). The molecule has 2 aromatic rings. The molecule has 0 aliphatic carbocycles. The number of rotatable bonds is 4. The summed E-state index contributed by atoms with van der Waals surface area (Å²) in [7, 11) is 1.66. The number of carboxylic acid groups (broad SMARTS) is 1. The molecular weight excluding hydrogens is 306 g/mol. The maximum Gasteiger partial charge on any atom is 0.335 e. The van der Waals surface area contributed by atoms with Crippen LogP contribution in [-0.4, -0.2) is 36.2 Å². The number of fused-ring (bicyclic) bond motifs is 1. The number of methoxy groups -OCH3 is 1. The smallest absolute Gasteiger partial charge is 0.335 e. The van der Waals surface area contributed by atoms with Crippen molar-refractivity contribution in [3.05, 3.63) is 59.2 Å². The van der Waals surface area contributed by atoms with Gasteiger partial charge in [-0.3, -0.25) is 4.90 Å². The van der Waals surface area contributed by atoms with E-state index in [9.17, 15) is 4.79 Å². The number of aromatic carboxylic acids is 1. The minimum atomic E-state index is -0.937. The van der Waals surface area contributed by atoms with E-state index in [0.29, 0.717) is 12.4 Å². The van der Waals surface area contributed by atoms with Gasteiger partial charge in [-0.15, -0.1) is 0 Å². The van der Waals surface area contributed by atoms with Crippen LogP contribution in [0.1, 0.15) is 34.5 Å². The van der Waals surface area contributed by atoms with E-state index in [1.54, 1.807) is 19.2 Å². The highest BCUT2D eigenvalue weighted by Crippen LogP contribution is 2.33. The fourth-order valence-corrected chi connectivity index (χ4v) is 2.98. The van der Waals surface area contributed by atoms with Crippen LogP contribution >= 0.6 is 0 Å². The van der Waals surface area contributed by atoms with E-state index in [1.807, 2.05) is 18.2 Å². The molecule has 0 spiro atoms. The summed E-state index contributed by atoms with van der Waals surface area (Å²) in [5, 5.41) is 9.14. The zero-order chi connectivity index (χ0) is 17.1. The van der Waals surface area contributed by atoms with Crippen molar-refractivity contribution in [2.45, 2.75) is 19.5 Å². The molecule has 126 valence electrons. The van der Waals surface area contributed by atoms with Gasteiger partial charge >= 0.3 is 5.97 Å². The molecule has 1 aliphatic rings.